The Morgan fingerprint density at radius 3 is 2.57 bits per heavy atom. The molecule has 0 radical (unpaired) electrons. The SMILES string of the molecule is Cc1cc(C)c(CN2CC[C@@H](N3CCN(C)CC3)[C@H](O)C2)c(-n2cccn2)c1. The average Bonchev–Trinajstić information content (AvgIpc) is 3.19. The Labute approximate surface area is 168 Å². The molecule has 0 spiro atoms. The molecular weight excluding hydrogens is 350 g/mol. The Bertz CT molecular complexity index is 782. The van der Waals surface area contributed by atoms with E-state index in [0.717, 1.165) is 57.9 Å². The smallest absolute Gasteiger partial charge is 0.0822 e. The molecule has 4 rings (SSSR count). The van der Waals surface area contributed by atoms with E-state index >= 15 is 0 Å². The number of likely N-dealkylation sites (N-methyl/N-ethyl adjacent to an activating group) is 1. The first-order chi connectivity index (χ1) is 13.5. The van der Waals surface area contributed by atoms with Crippen molar-refractivity contribution in [1.29, 1.82) is 0 Å². The molecule has 2 aliphatic heterocycles. The highest BCUT2D eigenvalue weighted by Crippen LogP contribution is 2.25. The highest BCUT2D eigenvalue weighted by Gasteiger charge is 2.33. The molecule has 152 valence electrons. The van der Waals surface area contributed by atoms with Crippen molar-refractivity contribution in [2.24, 2.45) is 0 Å². The van der Waals surface area contributed by atoms with Crippen LogP contribution in [0, 0.1) is 13.8 Å². The predicted molar refractivity (Wildman–Crippen MR) is 112 cm³/mol. The quantitative estimate of drug-likeness (QED) is 0.870. The Morgan fingerprint density at radius 1 is 1.11 bits per heavy atom. The average molecular weight is 384 g/mol. The van der Waals surface area contributed by atoms with Gasteiger partial charge in [0, 0.05) is 64.2 Å². The minimum Gasteiger partial charge on any atom is -0.390 e. The van der Waals surface area contributed by atoms with Crippen molar-refractivity contribution in [1.82, 2.24) is 24.5 Å². The van der Waals surface area contributed by atoms with Crippen molar-refractivity contribution in [2.75, 3.05) is 46.3 Å². The van der Waals surface area contributed by atoms with Crippen LogP contribution in [0.15, 0.2) is 30.6 Å². The molecule has 2 aromatic rings. The molecule has 1 aromatic carbocycles. The van der Waals surface area contributed by atoms with Crippen LogP contribution in [0.25, 0.3) is 5.69 Å². The Hall–Kier alpha value is -1.73. The maximum Gasteiger partial charge on any atom is 0.0822 e. The summed E-state index contributed by atoms with van der Waals surface area (Å²) in [6.07, 6.45) is 4.59. The largest absolute Gasteiger partial charge is 0.390 e. The van der Waals surface area contributed by atoms with Crippen LogP contribution in [0.1, 0.15) is 23.1 Å². The number of hydrogen-bond donors (Lipinski definition) is 1. The van der Waals surface area contributed by atoms with E-state index in [0.29, 0.717) is 6.04 Å². The van der Waals surface area contributed by atoms with Crippen LogP contribution in [0.4, 0.5) is 0 Å². The second kappa shape index (κ2) is 8.33. The van der Waals surface area contributed by atoms with Crippen molar-refractivity contribution < 1.29 is 5.11 Å². The van der Waals surface area contributed by atoms with E-state index < -0.39 is 0 Å². The van der Waals surface area contributed by atoms with E-state index in [2.05, 4.69) is 52.8 Å². The summed E-state index contributed by atoms with van der Waals surface area (Å²) in [5.41, 5.74) is 5.00. The van der Waals surface area contributed by atoms with Crippen molar-refractivity contribution in [2.45, 2.75) is 39.0 Å². The normalized spacial score (nSPS) is 25.3. The first-order valence-electron chi connectivity index (χ1n) is 10.4. The molecule has 0 aliphatic carbocycles. The number of benzene rings is 1. The third-order valence-corrected chi connectivity index (χ3v) is 6.36. The lowest BCUT2D eigenvalue weighted by Crippen LogP contribution is -2.58. The minimum absolute atomic E-state index is 0.281. The van der Waals surface area contributed by atoms with Crippen molar-refractivity contribution in [3.63, 3.8) is 0 Å². The van der Waals surface area contributed by atoms with E-state index in [9.17, 15) is 5.11 Å². The van der Waals surface area contributed by atoms with Crippen molar-refractivity contribution in [3.8, 4) is 5.69 Å². The summed E-state index contributed by atoms with van der Waals surface area (Å²) in [7, 11) is 2.18. The van der Waals surface area contributed by atoms with Gasteiger partial charge in [-0.3, -0.25) is 9.80 Å². The van der Waals surface area contributed by atoms with Gasteiger partial charge in [0.05, 0.1) is 11.8 Å². The van der Waals surface area contributed by atoms with Crippen LogP contribution in [0.3, 0.4) is 0 Å². The lowest BCUT2D eigenvalue weighted by molar-refractivity contribution is -0.0286. The number of aliphatic hydroxyl groups excluding tert-OH is 1. The van der Waals surface area contributed by atoms with E-state index in [1.165, 1.54) is 16.7 Å². The molecule has 6 heteroatoms. The number of aryl methyl sites for hydroxylation is 2. The van der Waals surface area contributed by atoms with Gasteiger partial charge in [0.2, 0.25) is 0 Å². The van der Waals surface area contributed by atoms with Crippen LogP contribution in [0.5, 0.6) is 0 Å². The maximum absolute atomic E-state index is 10.9. The Morgan fingerprint density at radius 2 is 1.89 bits per heavy atom. The highest BCUT2D eigenvalue weighted by atomic mass is 16.3. The van der Waals surface area contributed by atoms with Gasteiger partial charge in [-0.05, 0) is 56.1 Å². The van der Waals surface area contributed by atoms with Gasteiger partial charge in [-0.15, -0.1) is 0 Å². The van der Waals surface area contributed by atoms with E-state index in [-0.39, 0.29) is 6.10 Å². The van der Waals surface area contributed by atoms with Gasteiger partial charge in [0.1, 0.15) is 0 Å². The van der Waals surface area contributed by atoms with Crippen LogP contribution in [-0.4, -0.2) is 88.0 Å². The molecule has 2 fully saturated rings. The molecule has 2 aliphatic rings. The summed E-state index contributed by atoms with van der Waals surface area (Å²) in [5, 5.41) is 15.3. The monoisotopic (exact) mass is 383 g/mol. The number of piperazine rings is 1. The maximum atomic E-state index is 10.9. The predicted octanol–water partition coefficient (Wildman–Crippen LogP) is 1.67. The van der Waals surface area contributed by atoms with Gasteiger partial charge < -0.3 is 10.0 Å². The number of piperidine rings is 1. The summed E-state index contributed by atoms with van der Waals surface area (Å²) in [4.78, 5) is 7.27. The molecule has 1 N–H and O–H groups in total. The second-order valence-electron chi connectivity index (χ2n) is 8.53. The van der Waals surface area contributed by atoms with Crippen LogP contribution in [-0.2, 0) is 6.54 Å². The van der Waals surface area contributed by atoms with Gasteiger partial charge >= 0.3 is 0 Å². The van der Waals surface area contributed by atoms with Crippen LogP contribution in [0.2, 0.25) is 0 Å². The molecule has 2 saturated heterocycles. The highest BCUT2D eigenvalue weighted by molar-refractivity contribution is 5.48. The zero-order valence-corrected chi connectivity index (χ0v) is 17.4. The standard InChI is InChI=1S/C22H33N5O/c1-17-13-18(2)19(21(14-17)27-7-4-6-23-27)15-25-8-5-20(22(28)16-25)26-11-9-24(3)10-12-26/h4,6-7,13-14,20,22,28H,5,8-12,15-16H2,1-3H3/t20-,22-/m1/s1. The molecule has 28 heavy (non-hydrogen) atoms. The van der Waals surface area contributed by atoms with Gasteiger partial charge in [0.15, 0.2) is 0 Å². The van der Waals surface area contributed by atoms with Crippen molar-refractivity contribution in [3.05, 3.63) is 47.3 Å². The van der Waals surface area contributed by atoms with Crippen LogP contribution < -0.4 is 0 Å². The fraction of sp³-hybridized carbons (Fsp3) is 0.591. The molecule has 0 bridgehead atoms. The number of rotatable bonds is 4. The van der Waals surface area contributed by atoms with Gasteiger partial charge in [0.25, 0.3) is 0 Å². The lowest BCUT2D eigenvalue weighted by atomic mass is 9.97. The molecule has 0 saturated carbocycles. The molecule has 0 unspecified atom stereocenters. The molecule has 3 heterocycles. The van der Waals surface area contributed by atoms with Gasteiger partial charge in [-0.1, -0.05) is 6.07 Å². The van der Waals surface area contributed by atoms with E-state index in [1.807, 2.05) is 23.1 Å². The zero-order valence-electron chi connectivity index (χ0n) is 17.4. The minimum atomic E-state index is -0.281. The fourth-order valence-electron chi connectivity index (χ4n) is 4.73. The first kappa shape index (κ1) is 19.6. The summed E-state index contributed by atoms with van der Waals surface area (Å²) in [6, 6.07) is 6.72. The van der Waals surface area contributed by atoms with Gasteiger partial charge in [-0.25, -0.2) is 4.68 Å². The lowest BCUT2D eigenvalue weighted by Gasteiger charge is -2.44. The number of nitrogens with zero attached hydrogens (tertiary/aromatic N) is 5. The summed E-state index contributed by atoms with van der Waals surface area (Å²) < 4.78 is 1.96. The van der Waals surface area contributed by atoms with Gasteiger partial charge in [-0.2, -0.15) is 5.10 Å². The van der Waals surface area contributed by atoms with E-state index in [4.69, 9.17) is 0 Å². The fourth-order valence-corrected chi connectivity index (χ4v) is 4.73. The first-order valence-corrected chi connectivity index (χ1v) is 10.4. The summed E-state index contributed by atoms with van der Waals surface area (Å²) in [6.45, 7) is 11.3. The molecular formula is C22H33N5O. The van der Waals surface area contributed by atoms with Crippen LogP contribution >= 0.6 is 0 Å². The third-order valence-electron chi connectivity index (χ3n) is 6.36. The number of aromatic nitrogens is 2. The topological polar surface area (TPSA) is 47.8 Å². The van der Waals surface area contributed by atoms with E-state index in [1.54, 1.807) is 0 Å². The summed E-state index contributed by atoms with van der Waals surface area (Å²) in [5.74, 6) is 0. The summed E-state index contributed by atoms with van der Waals surface area (Å²) >= 11 is 0. The Balaban J connectivity index is 1.46. The number of β-amino-alcohol motifs (C(OH)–C–C–N with tert-alkyl or cyclic N) is 1. The number of aliphatic hydroxyl groups is 1. The molecule has 1 aromatic heterocycles. The number of likely N-dealkylation sites (tertiary alicyclic amines) is 1. The third kappa shape index (κ3) is 4.15. The zero-order chi connectivity index (χ0) is 19.7. The second-order valence-corrected chi connectivity index (χ2v) is 8.53. The number of hydrogen-bond acceptors (Lipinski definition) is 5. The molecule has 0 amide bonds. The Kier molecular flexibility index (Phi) is 5.83. The molecule has 6 nitrogen and oxygen atoms in total. The molecule has 2 atom stereocenters. The van der Waals surface area contributed by atoms with Crippen molar-refractivity contribution >= 4 is 0 Å².